The molecule has 1 nitrogen and oxygen atoms in total. The van der Waals surface area contributed by atoms with E-state index in [1.165, 1.54) is 44.9 Å². The van der Waals surface area contributed by atoms with Gasteiger partial charge in [-0.3, -0.25) is 0 Å². The second-order valence-electron chi connectivity index (χ2n) is 4.93. The summed E-state index contributed by atoms with van der Waals surface area (Å²) in [6, 6.07) is 0.436. The minimum absolute atomic E-state index is 0.436. The van der Waals surface area contributed by atoms with E-state index < -0.39 is 0 Å². The SMILES string of the molecule is CC(N)C1CCCC12CCCC2. The van der Waals surface area contributed by atoms with E-state index in [0.29, 0.717) is 11.5 Å². The maximum atomic E-state index is 6.05. The standard InChI is InChI=1S/C11H21N/c1-9(12)10-5-4-8-11(10)6-2-3-7-11/h9-10H,2-8,12H2,1H3. The first kappa shape index (κ1) is 8.55. The van der Waals surface area contributed by atoms with Crippen molar-refractivity contribution in [2.45, 2.75) is 57.9 Å². The summed E-state index contributed by atoms with van der Waals surface area (Å²) in [6.07, 6.45) is 10.2. The van der Waals surface area contributed by atoms with Crippen molar-refractivity contribution >= 4 is 0 Å². The maximum absolute atomic E-state index is 6.05. The fourth-order valence-corrected chi connectivity index (χ4v) is 3.69. The highest BCUT2D eigenvalue weighted by molar-refractivity contribution is 4.97. The van der Waals surface area contributed by atoms with E-state index in [0.717, 1.165) is 5.92 Å². The zero-order valence-electron chi connectivity index (χ0n) is 8.18. The Balaban J connectivity index is 2.12. The zero-order valence-corrected chi connectivity index (χ0v) is 8.18. The van der Waals surface area contributed by atoms with Crippen LogP contribution in [0.5, 0.6) is 0 Å². The van der Waals surface area contributed by atoms with Crippen LogP contribution in [-0.4, -0.2) is 6.04 Å². The van der Waals surface area contributed by atoms with Gasteiger partial charge in [0.15, 0.2) is 0 Å². The van der Waals surface area contributed by atoms with Crippen LogP contribution in [-0.2, 0) is 0 Å². The fraction of sp³-hybridized carbons (Fsp3) is 1.00. The van der Waals surface area contributed by atoms with Crippen LogP contribution in [0.2, 0.25) is 0 Å². The molecular formula is C11H21N. The Labute approximate surface area is 75.7 Å². The second kappa shape index (κ2) is 3.02. The summed E-state index contributed by atoms with van der Waals surface area (Å²) in [4.78, 5) is 0. The molecule has 2 aliphatic rings. The highest BCUT2D eigenvalue weighted by Crippen LogP contribution is 2.54. The van der Waals surface area contributed by atoms with Gasteiger partial charge in [-0.15, -0.1) is 0 Å². The Morgan fingerprint density at radius 3 is 2.33 bits per heavy atom. The molecule has 0 aromatic rings. The van der Waals surface area contributed by atoms with Crippen LogP contribution in [0.15, 0.2) is 0 Å². The van der Waals surface area contributed by atoms with Gasteiger partial charge in [0.25, 0.3) is 0 Å². The van der Waals surface area contributed by atoms with Crippen molar-refractivity contribution in [1.29, 1.82) is 0 Å². The molecule has 2 fully saturated rings. The summed E-state index contributed by atoms with van der Waals surface area (Å²) in [6.45, 7) is 2.20. The molecule has 1 heteroatoms. The highest BCUT2D eigenvalue weighted by Gasteiger charge is 2.45. The molecule has 0 amide bonds. The predicted molar refractivity (Wildman–Crippen MR) is 51.9 cm³/mol. The lowest BCUT2D eigenvalue weighted by Gasteiger charge is -2.33. The minimum atomic E-state index is 0.436. The maximum Gasteiger partial charge on any atom is 0.00440 e. The van der Waals surface area contributed by atoms with E-state index in [1.807, 2.05) is 0 Å². The first-order valence-corrected chi connectivity index (χ1v) is 5.50. The van der Waals surface area contributed by atoms with Gasteiger partial charge in [-0.05, 0) is 43.9 Å². The Kier molecular flexibility index (Phi) is 2.16. The van der Waals surface area contributed by atoms with Crippen LogP contribution in [0.4, 0.5) is 0 Å². The third kappa shape index (κ3) is 1.19. The first-order chi connectivity index (χ1) is 5.75. The van der Waals surface area contributed by atoms with Gasteiger partial charge in [-0.1, -0.05) is 19.3 Å². The lowest BCUT2D eigenvalue weighted by molar-refractivity contribution is 0.183. The molecule has 0 aromatic carbocycles. The van der Waals surface area contributed by atoms with Crippen molar-refractivity contribution in [2.24, 2.45) is 17.1 Å². The largest absolute Gasteiger partial charge is 0.328 e. The molecule has 0 heterocycles. The number of nitrogens with two attached hydrogens (primary N) is 1. The normalized spacial score (nSPS) is 36.0. The van der Waals surface area contributed by atoms with Crippen molar-refractivity contribution < 1.29 is 0 Å². The van der Waals surface area contributed by atoms with Gasteiger partial charge in [0.1, 0.15) is 0 Å². The van der Waals surface area contributed by atoms with E-state index in [-0.39, 0.29) is 0 Å². The number of hydrogen-bond donors (Lipinski definition) is 1. The molecule has 0 aliphatic heterocycles. The summed E-state index contributed by atoms with van der Waals surface area (Å²) >= 11 is 0. The molecule has 0 aromatic heterocycles. The lowest BCUT2D eigenvalue weighted by Crippen LogP contribution is -2.35. The smallest absolute Gasteiger partial charge is 0.00440 e. The van der Waals surface area contributed by atoms with Crippen molar-refractivity contribution in [3.05, 3.63) is 0 Å². The molecule has 70 valence electrons. The van der Waals surface area contributed by atoms with Crippen molar-refractivity contribution in [2.75, 3.05) is 0 Å². The summed E-state index contributed by atoms with van der Waals surface area (Å²) in [5, 5.41) is 0. The van der Waals surface area contributed by atoms with E-state index in [4.69, 9.17) is 5.73 Å². The Morgan fingerprint density at radius 2 is 1.75 bits per heavy atom. The van der Waals surface area contributed by atoms with E-state index in [2.05, 4.69) is 6.92 Å². The van der Waals surface area contributed by atoms with Gasteiger partial charge in [0.05, 0.1) is 0 Å². The Hall–Kier alpha value is -0.0400. The van der Waals surface area contributed by atoms with E-state index in [9.17, 15) is 0 Å². The molecule has 2 N–H and O–H groups in total. The number of hydrogen-bond acceptors (Lipinski definition) is 1. The molecule has 2 aliphatic carbocycles. The van der Waals surface area contributed by atoms with Crippen LogP contribution in [0.1, 0.15) is 51.9 Å². The molecule has 0 bridgehead atoms. The fourth-order valence-electron chi connectivity index (χ4n) is 3.69. The average Bonchev–Trinajstić information content (AvgIpc) is 2.61. The molecule has 0 radical (unpaired) electrons. The Morgan fingerprint density at radius 1 is 1.17 bits per heavy atom. The molecule has 1 spiro atoms. The van der Waals surface area contributed by atoms with Crippen LogP contribution >= 0.6 is 0 Å². The monoisotopic (exact) mass is 167 g/mol. The van der Waals surface area contributed by atoms with Crippen molar-refractivity contribution in [1.82, 2.24) is 0 Å². The zero-order chi connectivity index (χ0) is 8.60. The predicted octanol–water partition coefficient (Wildman–Crippen LogP) is 2.69. The van der Waals surface area contributed by atoms with E-state index in [1.54, 1.807) is 0 Å². The van der Waals surface area contributed by atoms with Gasteiger partial charge in [-0.2, -0.15) is 0 Å². The molecular weight excluding hydrogens is 146 g/mol. The lowest BCUT2D eigenvalue weighted by atomic mass is 9.73. The highest BCUT2D eigenvalue weighted by atomic mass is 14.7. The first-order valence-electron chi connectivity index (χ1n) is 5.50. The molecule has 12 heavy (non-hydrogen) atoms. The third-order valence-electron chi connectivity index (χ3n) is 4.21. The van der Waals surface area contributed by atoms with Crippen molar-refractivity contribution in [3.8, 4) is 0 Å². The van der Waals surface area contributed by atoms with Gasteiger partial charge >= 0.3 is 0 Å². The van der Waals surface area contributed by atoms with Crippen LogP contribution in [0, 0.1) is 11.3 Å². The van der Waals surface area contributed by atoms with Crippen LogP contribution in [0.3, 0.4) is 0 Å². The molecule has 2 rings (SSSR count). The number of rotatable bonds is 1. The van der Waals surface area contributed by atoms with Gasteiger partial charge in [0.2, 0.25) is 0 Å². The quantitative estimate of drug-likeness (QED) is 0.638. The summed E-state index contributed by atoms with van der Waals surface area (Å²) in [5.74, 6) is 0.847. The summed E-state index contributed by atoms with van der Waals surface area (Å²) in [5.41, 5.74) is 6.75. The third-order valence-corrected chi connectivity index (χ3v) is 4.21. The van der Waals surface area contributed by atoms with Crippen LogP contribution in [0.25, 0.3) is 0 Å². The Bertz CT molecular complexity index is 151. The summed E-state index contributed by atoms with van der Waals surface area (Å²) in [7, 11) is 0. The second-order valence-corrected chi connectivity index (χ2v) is 4.93. The van der Waals surface area contributed by atoms with Gasteiger partial charge < -0.3 is 5.73 Å². The van der Waals surface area contributed by atoms with E-state index >= 15 is 0 Å². The van der Waals surface area contributed by atoms with Gasteiger partial charge in [0, 0.05) is 6.04 Å². The minimum Gasteiger partial charge on any atom is -0.328 e. The van der Waals surface area contributed by atoms with Crippen molar-refractivity contribution in [3.63, 3.8) is 0 Å². The van der Waals surface area contributed by atoms with Gasteiger partial charge in [-0.25, -0.2) is 0 Å². The topological polar surface area (TPSA) is 26.0 Å². The summed E-state index contributed by atoms with van der Waals surface area (Å²) < 4.78 is 0. The average molecular weight is 167 g/mol. The van der Waals surface area contributed by atoms with Crippen LogP contribution < -0.4 is 5.73 Å². The molecule has 2 saturated carbocycles. The molecule has 0 saturated heterocycles. The molecule has 2 atom stereocenters. The molecule has 2 unspecified atom stereocenters.